The second-order valence-electron chi connectivity index (χ2n) is 4.41. The van der Waals surface area contributed by atoms with Gasteiger partial charge in [-0.3, -0.25) is 14.4 Å². The van der Waals surface area contributed by atoms with Gasteiger partial charge in [-0.05, 0) is 13.3 Å². The van der Waals surface area contributed by atoms with Crippen molar-refractivity contribution in [2.75, 3.05) is 0 Å². The lowest BCUT2D eigenvalue weighted by Gasteiger charge is -2.19. The Morgan fingerprint density at radius 1 is 1.38 bits per heavy atom. The van der Waals surface area contributed by atoms with Crippen LogP contribution in [0.5, 0.6) is 0 Å². The molecule has 1 aliphatic heterocycles. The van der Waals surface area contributed by atoms with Gasteiger partial charge in [-0.1, -0.05) is 26.7 Å². The monoisotopic (exact) mass is 226 g/mol. The Bertz CT molecular complexity index is 308. The summed E-state index contributed by atoms with van der Waals surface area (Å²) in [6.45, 7) is 5.15. The van der Waals surface area contributed by atoms with E-state index in [1.165, 1.54) is 6.92 Å². The standard InChI is InChI=1S/C12H18O4/c1-4-5-6-9(8(3)13)10-7(2)11(14)16-12(10)15/h7,9-10H,4-6H2,1-3H3. The van der Waals surface area contributed by atoms with Crippen molar-refractivity contribution in [1.82, 2.24) is 0 Å². The number of hydrogen-bond donors (Lipinski definition) is 0. The van der Waals surface area contributed by atoms with E-state index in [2.05, 4.69) is 4.74 Å². The van der Waals surface area contributed by atoms with Crippen molar-refractivity contribution in [3.05, 3.63) is 0 Å². The Kier molecular flexibility index (Phi) is 4.21. The highest BCUT2D eigenvalue weighted by Crippen LogP contribution is 2.33. The SMILES string of the molecule is CCCCC(C(C)=O)C1C(=O)OC(=O)C1C. The largest absolute Gasteiger partial charge is 0.393 e. The Labute approximate surface area is 95.3 Å². The van der Waals surface area contributed by atoms with Crippen LogP contribution in [0, 0.1) is 17.8 Å². The minimum Gasteiger partial charge on any atom is -0.393 e. The fourth-order valence-corrected chi connectivity index (χ4v) is 2.18. The number of ketones is 1. The van der Waals surface area contributed by atoms with Crippen molar-refractivity contribution in [1.29, 1.82) is 0 Å². The van der Waals surface area contributed by atoms with E-state index in [-0.39, 0.29) is 11.7 Å². The quantitative estimate of drug-likeness (QED) is 0.529. The third kappa shape index (κ3) is 2.49. The highest BCUT2D eigenvalue weighted by Gasteiger charge is 2.46. The molecule has 16 heavy (non-hydrogen) atoms. The molecule has 4 heteroatoms. The van der Waals surface area contributed by atoms with E-state index in [1.807, 2.05) is 6.92 Å². The molecular formula is C12H18O4. The van der Waals surface area contributed by atoms with E-state index in [0.29, 0.717) is 6.42 Å². The average molecular weight is 226 g/mol. The molecule has 0 aromatic rings. The summed E-state index contributed by atoms with van der Waals surface area (Å²) < 4.78 is 4.57. The van der Waals surface area contributed by atoms with E-state index in [4.69, 9.17) is 0 Å². The van der Waals surface area contributed by atoms with Gasteiger partial charge in [0.2, 0.25) is 0 Å². The molecule has 0 aliphatic carbocycles. The van der Waals surface area contributed by atoms with Crippen molar-refractivity contribution in [2.24, 2.45) is 17.8 Å². The van der Waals surface area contributed by atoms with Crippen LogP contribution in [0.2, 0.25) is 0 Å². The van der Waals surface area contributed by atoms with Gasteiger partial charge in [0.15, 0.2) is 0 Å². The van der Waals surface area contributed by atoms with E-state index in [9.17, 15) is 14.4 Å². The molecule has 4 nitrogen and oxygen atoms in total. The summed E-state index contributed by atoms with van der Waals surface area (Å²) in [4.78, 5) is 34.3. The number of ether oxygens (including phenoxy) is 1. The summed E-state index contributed by atoms with van der Waals surface area (Å²) >= 11 is 0. The van der Waals surface area contributed by atoms with Crippen LogP contribution >= 0.6 is 0 Å². The molecule has 0 amide bonds. The van der Waals surface area contributed by atoms with Crippen LogP contribution in [-0.2, 0) is 19.1 Å². The zero-order chi connectivity index (χ0) is 12.3. The Hall–Kier alpha value is -1.19. The molecule has 3 atom stereocenters. The van der Waals surface area contributed by atoms with Gasteiger partial charge in [-0.25, -0.2) is 0 Å². The summed E-state index contributed by atoms with van der Waals surface area (Å²) in [5, 5.41) is 0. The van der Waals surface area contributed by atoms with Crippen molar-refractivity contribution >= 4 is 17.7 Å². The van der Waals surface area contributed by atoms with Gasteiger partial charge in [0.05, 0.1) is 11.8 Å². The van der Waals surface area contributed by atoms with Gasteiger partial charge >= 0.3 is 11.9 Å². The first-order valence-electron chi connectivity index (χ1n) is 5.75. The number of cyclic esters (lactones) is 2. The normalized spacial score (nSPS) is 26.7. The van der Waals surface area contributed by atoms with Crippen molar-refractivity contribution in [2.45, 2.75) is 40.0 Å². The number of carbonyl (C=O) groups is 3. The van der Waals surface area contributed by atoms with Crippen molar-refractivity contribution < 1.29 is 19.1 Å². The van der Waals surface area contributed by atoms with Gasteiger partial charge in [0.1, 0.15) is 5.78 Å². The Balaban J connectivity index is 2.81. The van der Waals surface area contributed by atoms with Gasteiger partial charge in [0.25, 0.3) is 0 Å². The zero-order valence-electron chi connectivity index (χ0n) is 9.99. The summed E-state index contributed by atoms with van der Waals surface area (Å²) in [5.74, 6) is -2.49. The second-order valence-corrected chi connectivity index (χ2v) is 4.41. The first-order valence-corrected chi connectivity index (χ1v) is 5.75. The van der Waals surface area contributed by atoms with E-state index in [0.717, 1.165) is 12.8 Å². The molecule has 0 bridgehead atoms. The number of rotatable bonds is 5. The maximum atomic E-state index is 11.5. The zero-order valence-corrected chi connectivity index (χ0v) is 9.99. The maximum Gasteiger partial charge on any atom is 0.318 e. The molecule has 1 aliphatic rings. The minimum absolute atomic E-state index is 0.0306. The van der Waals surface area contributed by atoms with E-state index in [1.54, 1.807) is 6.92 Å². The van der Waals surface area contributed by atoms with Crippen molar-refractivity contribution in [3.8, 4) is 0 Å². The lowest BCUT2D eigenvalue weighted by Crippen LogP contribution is -2.29. The fourth-order valence-electron chi connectivity index (χ4n) is 2.18. The van der Waals surface area contributed by atoms with E-state index >= 15 is 0 Å². The Morgan fingerprint density at radius 2 is 2.00 bits per heavy atom. The van der Waals surface area contributed by atoms with Crippen LogP contribution in [0.4, 0.5) is 0 Å². The molecular weight excluding hydrogens is 208 g/mol. The molecule has 1 rings (SSSR count). The van der Waals surface area contributed by atoms with Crippen LogP contribution < -0.4 is 0 Å². The number of carbonyl (C=O) groups excluding carboxylic acids is 3. The third-order valence-electron chi connectivity index (χ3n) is 3.21. The number of unbranched alkanes of at least 4 members (excludes halogenated alkanes) is 1. The molecule has 0 aromatic carbocycles. The van der Waals surface area contributed by atoms with Crippen LogP contribution in [-0.4, -0.2) is 17.7 Å². The van der Waals surface area contributed by atoms with Crippen LogP contribution in [0.15, 0.2) is 0 Å². The molecule has 0 N–H and O–H groups in total. The number of hydrogen-bond acceptors (Lipinski definition) is 4. The first-order chi connectivity index (χ1) is 7.49. The van der Waals surface area contributed by atoms with Crippen LogP contribution in [0.1, 0.15) is 40.0 Å². The Morgan fingerprint density at radius 3 is 2.38 bits per heavy atom. The van der Waals surface area contributed by atoms with Crippen LogP contribution in [0.3, 0.4) is 0 Å². The third-order valence-corrected chi connectivity index (χ3v) is 3.21. The highest BCUT2D eigenvalue weighted by molar-refractivity contribution is 5.99. The van der Waals surface area contributed by atoms with Crippen molar-refractivity contribution in [3.63, 3.8) is 0 Å². The minimum atomic E-state index is -0.573. The molecule has 1 fully saturated rings. The smallest absolute Gasteiger partial charge is 0.318 e. The van der Waals surface area contributed by atoms with Gasteiger partial charge in [-0.15, -0.1) is 0 Å². The molecule has 1 saturated heterocycles. The second kappa shape index (κ2) is 5.23. The predicted molar refractivity (Wildman–Crippen MR) is 57.4 cm³/mol. The van der Waals surface area contributed by atoms with Crippen LogP contribution in [0.25, 0.3) is 0 Å². The topological polar surface area (TPSA) is 60.4 Å². The van der Waals surface area contributed by atoms with Gasteiger partial charge < -0.3 is 4.74 Å². The molecule has 90 valence electrons. The molecule has 1 heterocycles. The predicted octanol–water partition coefficient (Wildman–Crippen LogP) is 1.72. The summed E-state index contributed by atoms with van der Waals surface area (Å²) in [7, 11) is 0. The fraction of sp³-hybridized carbons (Fsp3) is 0.750. The molecule has 3 unspecified atom stereocenters. The summed E-state index contributed by atoms with van der Waals surface area (Å²) in [6.07, 6.45) is 2.51. The van der Waals surface area contributed by atoms with Gasteiger partial charge in [-0.2, -0.15) is 0 Å². The average Bonchev–Trinajstić information content (AvgIpc) is 2.44. The number of esters is 2. The molecule has 0 aromatic heterocycles. The van der Waals surface area contributed by atoms with Gasteiger partial charge in [0, 0.05) is 5.92 Å². The number of Topliss-reactive ketones (excluding diaryl/α,β-unsaturated/α-hetero) is 1. The highest BCUT2D eigenvalue weighted by atomic mass is 16.6. The molecule has 0 radical (unpaired) electrons. The lowest BCUT2D eigenvalue weighted by atomic mass is 9.79. The summed E-state index contributed by atoms with van der Waals surface area (Å²) in [6, 6.07) is 0. The summed E-state index contributed by atoms with van der Waals surface area (Å²) in [5.41, 5.74) is 0. The molecule has 0 spiro atoms. The first kappa shape index (κ1) is 12.9. The van der Waals surface area contributed by atoms with E-state index < -0.39 is 23.8 Å². The molecule has 0 saturated carbocycles. The maximum absolute atomic E-state index is 11.5. The lowest BCUT2D eigenvalue weighted by molar-refractivity contribution is -0.154.